The van der Waals surface area contributed by atoms with Crippen LogP contribution in [-0.4, -0.2) is 15.5 Å². The van der Waals surface area contributed by atoms with Crippen molar-refractivity contribution in [2.24, 2.45) is 0 Å². The molecule has 0 radical (unpaired) electrons. The highest BCUT2D eigenvalue weighted by Gasteiger charge is 2.18. The van der Waals surface area contributed by atoms with Crippen LogP contribution in [0.4, 0.5) is 14.5 Å². The minimum absolute atomic E-state index is 0.0593. The first-order valence-corrected chi connectivity index (χ1v) is 7.62. The van der Waals surface area contributed by atoms with E-state index in [1.54, 1.807) is 25.2 Å². The monoisotopic (exact) mass is 312 g/mol. The standard InChI is InChI=1S/C14H14F2N2O2S/c1-17-9-10-4-2-3-5-14(10)21(19,20)18-13-7-11(15)6-12(16)8-13/h2-8,17-18H,9H2,1H3. The van der Waals surface area contributed by atoms with Gasteiger partial charge in [0.05, 0.1) is 10.6 Å². The Hall–Kier alpha value is -1.99. The Balaban J connectivity index is 2.38. The van der Waals surface area contributed by atoms with Crippen molar-refractivity contribution in [1.82, 2.24) is 5.32 Å². The normalized spacial score (nSPS) is 11.4. The van der Waals surface area contributed by atoms with E-state index in [4.69, 9.17) is 0 Å². The molecule has 0 spiro atoms. The summed E-state index contributed by atoms with van der Waals surface area (Å²) in [7, 11) is -2.23. The first-order valence-electron chi connectivity index (χ1n) is 6.14. The number of rotatable bonds is 5. The van der Waals surface area contributed by atoms with Crippen LogP contribution in [-0.2, 0) is 16.6 Å². The van der Waals surface area contributed by atoms with Crippen LogP contribution in [0.25, 0.3) is 0 Å². The van der Waals surface area contributed by atoms with Gasteiger partial charge in [0.25, 0.3) is 10.0 Å². The molecular formula is C14H14F2N2O2S. The van der Waals surface area contributed by atoms with Crippen LogP contribution in [0.1, 0.15) is 5.56 Å². The number of benzene rings is 2. The van der Waals surface area contributed by atoms with Crippen molar-refractivity contribution in [1.29, 1.82) is 0 Å². The lowest BCUT2D eigenvalue weighted by Gasteiger charge is -2.12. The molecule has 2 aromatic rings. The maximum atomic E-state index is 13.1. The van der Waals surface area contributed by atoms with Crippen molar-refractivity contribution in [3.63, 3.8) is 0 Å². The van der Waals surface area contributed by atoms with Crippen LogP contribution < -0.4 is 10.0 Å². The van der Waals surface area contributed by atoms with Gasteiger partial charge in [-0.15, -0.1) is 0 Å². The van der Waals surface area contributed by atoms with Gasteiger partial charge < -0.3 is 5.32 Å². The van der Waals surface area contributed by atoms with Crippen molar-refractivity contribution in [2.45, 2.75) is 11.4 Å². The Labute approximate surface area is 121 Å². The third-order valence-corrected chi connectivity index (χ3v) is 4.23. The summed E-state index contributed by atoms with van der Waals surface area (Å²) in [6.07, 6.45) is 0. The van der Waals surface area contributed by atoms with E-state index in [0.717, 1.165) is 12.1 Å². The zero-order chi connectivity index (χ0) is 15.5. The predicted molar refractivity (Wildman–Crippen MR) is 76.4 cm³/mol. The molecule has 0 saturated carbocycles. The third-order valence-electron chi connectivity index (χ3n) is 2.74. The van der Waals surface area contributed by atoms with Crippen LogP contribution in [0, 0.1) is 11.6 Å². The van der Waals surface area contributed by atoms with E-state index >= 15 is 0 Å². The van der Waals surface area contributed by atoms with Gasteiger partial charge in [-0.05, 0) is 30.8 Å². The molecule has 0 heterocycles. The van der Waals surface area contributed by atoms with E-state index in [-0.39, 0.29) is 10.6 Å². The smallest absolute Gasteiger partial charge is 0.262 e. The summed E-state index contributed by atoms with van der Waals surface area (Å²) in [4.78, 5) is 0.0593. The van der Waals surface area contributed by atoms with Gasteiger partial charge in [-0.2, -0.15) is 0 Å². The van der Waals surface area contributed by atoms with E-state index in [2.05, 4.69) is 10.0 Å². The highest BCUT2D eigenvalue weighted by Crippen LogP contribution is 2.21. The zero-order valence-electron chi connectivity index (χ0n) is 11.2. The summed E-state index contributed by atoms with van der Waals surface area (Å²) < 4.78 is 53.1. The summed E-state index contributed by atoms with van der Waals surface area (Å²) in [5, 5.41) is 2.87. The number of sulfonamides is 1. The molecule has 21 heavy (non-hydrogen) atoms. The Morgan fingerprint density at radius 1 is 1.05 bits per heavy atom. The molecule has 0 amide bonds. The second-order valence-electron chi connectivity index (χ2n) is 4.40. The molecule has 2 aromatic carbocycles. The highest BCUT2D eigenvalue weighted by atomic mass is 32.2. The molecule has 4 nitrogen and oxygen atoms in total. The fraction of sp³-hybridized carbons (Fsp3) is 0.143. The van der Waals surface area contributed by atoms with E-state index in [1.807, 2.05) is 0 Å². The minimum atomic E-state index is -3.92. The second kappa shape index (κ2) is 6.19. The zero-order valence-corrected chi connectivity index (χ0v) is 12.0. The van der Waals surface area contributed by atoms with E-state index in [9.17, 15) is 17.2 Å². The fourth-order valence-electron chi connectivity index (χ4n) is 1.93. The summed E-state index contributed by atoms with van der Waals surface area (Å²) in [6, 6.07) is 8.91. The third kappa shape index (κ3) is 3.77. The largest absolute Gasteiger partial charge is 0.316 e. The van der Waals surface area contributed by atoms with Crippen LogP contribution in [0.2, 0.25) is 0 Å². The Morgan fingerprint density at radius 3 is 2.29 bits per heavy atom. The summed E-state index contributed by atoms with van der Waals surface area (Å²) in [6.45, 7) is 0.356. The minimum Gasteiger partial charge on any atom is -0.316 e. The fourth-order valence-corrected chi connectivity index (χ4v) is 3.21. The summed E-state index contributed by atoms with van der Waals surface area (Å²) in [5.74, 6) is -1.70. The molecule has 0 aliphatic carbocycles. The summed E-state index contributed by atoms with van der Waals surface area (Å²) >= 11 is 0. The van der Waals surface area contributed by atoms with Crippen LogP contribution >= 0.6 is 0 Å². The molecule has 112 valence electrons. The van der Waals surface area contributed by atoms with Gasteiger partial charge in [-0.1, -0.05) is 18.2 Å². The number of nitrogens with one attached hydrogen (secondary N) is 2. The first-order chi connectivity index (χ1) is 9.92. The van der Waals surface area contributed by atoms with Crippen LogP contribution in [0.3, 0.4) is 0 Å². The highest BCUT2D eigenvalue weighted by molar-refractivity contribution is 7.92. The molecular weight excluding hydrogens is 298 g/mol. The molecule has 0 bridgehead atoms. The van der Waals surface area contributed by atoms with Crippen molar-refractivity contribution in [3.05, 3.63) is 59.7 Å². The second-order valence-corrected chi connectivity index (χ2v) is 6.05. The van der Waals surface area contributed by atoms with Gasteiger partial charge in [0.2, 0.25) is 0 Å². The number of hydrogen-bond donors (Lipinski definition) is 2. The molecule has 2 N–H and O–H groups in total. The molecule has 0 atom stereocenters. The Kier molecular flexibility index (Phi) is 4.54. The molecule has 0 aromatic heterocycles. The molecule has 0 saturated heterocycles. The van der Waals surface area contributed by atoms with Gasteiger partial charge in [0.1, 0.15) is 11.6 Å². The van der Waals surface area contributed by atoms with Gasteiger partial charge in [0.15, 0.2) is 0 Å². The lowest BCUT2D eigenvalue weighted by atomic mass is 10.2. The SMILES string of the molecule is CNCc1ccccc1S(=O)(=O)Nc1cc(F)cc(F)c1. The average molecular weight is 312 g/mol. The van der Waals surface area contributed by atoms with Crippen molar-refractivity contribution < 1.29 is 17.2 Å². The molecule has 7 heteroatoms. The van der Waals surface area contributed by atoms with Gasteiger partial charge in [-0.25, -0.2) is 17.2 Å². The number of hydrogen-bond acceptors (Lipinski definition) is 3. The van der Waals surface area contributed by atoms with Gasteiger partial charge >= 0.3 is 0 Å². The van der Waals surface area contributed by atoms with E-state index in [1.165, 1.54) is 6.07 Å². The van der Waals surface area contributed by atoms with Crippen molar-refractivity contribution in [2.75, 3.05) is 11.8 Å². The topological polar surface area (TPSA) is 58.2 Å². The van der Waals surface area contributed by atoms with Crippen LogP contribution in [0.5, 0.6) is 0 Å². The molecule has 0 aliphatic heterocycles. The Morgan fingerprint density at radius 2 is 1.67 bits per heavy atom. The quantitative estimate of drug-likeness (QED) is 0.892. The average Bonchev–Trinajstić information content (AvgIpc) is 2.37. The van der Waals surface area contributed by atoms with E-state index < -0.39 is 21.7 Å². The number of anilines is 1. The number of halogens is 2. The maximum absolute atomic E-state index is 13.1. The van der Waals surface area contributed by atoms with E-state index in [0.29, 0.717) is 18.2 Å². The molecule has 0 fully saturated rings. The summed E-state index contributed by atoms with van der Waals surface area (Å²) in [5.41, 5.74) is 0.399. The molecule has 2 rings (SSSR count). The molecule has 0 unspecified atom stereocenters. The maximum Gasteiger partial charge on any atom is 0.262 e. The first kappa shape index (κ1) is 15.4. The predicted octanol–water partition coefficient (Wildman–Crippen LogP) is 2.49. The lowest BCUT2D eigenvalue weighted by molar-refractivity contribution is 0.584. The molecule has 0 aliphatic rings. The Bertz CT molecular complexity index is 728. The van der Waals surface area contributed by atoms with Crippen LogP contribution in [0.15, 0.2) is 47.4 Å². The van der Waals surface area contributed by atoms with Crippen molar-refractivity contribution >= 4 is 15.7 Å². The lowest BCUT2D eigenvalue weighted by Crippen LogP contribution is -2.17. The van der Waals surface area contributed by atoms with Crippen molar-refractivity contribution in [3.8, 4) is 0 Å². The van der Waals surface area contributed by atoms with Gasteiger partial charge in [-0.3, -0.25) is 4.72 Å². The van der Waals surface area contributed by atoms with Gasteiger partial charge in [0, 0.05) is 12.6 Å².